The van der Waals surface area contributed by atoms with Gasteiger partial charge in [0.2, 0.25) is 5.91 Å². The Kier molecular flexibility index (Phi) is 7.95. The lowest BCUT2D eigenvalue weighted by Gasteiger charge is -2.37. The lowest BCUT2D eigenvalue weighted by atomic mass is 10.2. The second-order valence-electron chi connectivity index (χ2n) is 7.97. The molecule has 0 aliphatic carbocycles. The van der Waals surface area contributed by atoms with Crippen LogP contribution in [0.5, 0.6) is 0 Å². The topological polar surface area (TPSA) is 77.8 Å². The van der Waals surface area contributed by atoms with E-state index in [1.165, 1.54) is 0 Å². The average molecular weight is 531 g/mol. The van der Waals surface area contributed by atoms with E-state index in [-0.39, 0.29) is 16.8 Å². The number of rotatable bonds is 5. The van der Waals surface area contributed by atoms with Crippen LogP contribution in [0.3, 0.4) is 0 Å². The first kappa shape index (κ1) is 25.0. The number of carbonyl (C=O) groups excluding carboxylic acids is 2. The molecule has 0 atom stereocenters. The van der Waals surface area contributed by atoms with Gasteiger partial charge >= 0.3 is 0 Å². The van der Waals surface area contributed by atoms with Crippen LogP contribution in [-0.2, 0) is 4.79 Å². The maximum absolute atomic E-state index is 12.7. The summed E-state index contributed by atoms with van der Waals surface area (Å²) >= 11 is 17.7. The number of hydrogen-bond donors (Lipinski definition) is 2. The van der Waals surface area contributed by atoms with Crippen LogP contribution >= 0.6 is 35.4 Å². The summed E-state index contributed by atoms with van der Waals surface area (Å²) in [6.45, 7) is 4.51. The Balaban J connectivity index is 1.42. The molecule has 1 saturated heterocycles. The number of carbonyl (C=O) groups is 2. The minimum atomic E-state index is -0.481. The summed E-state index contributed by atoms with van der Waals surface area (Å²) < 4.78 is 5.69. The molecular formula is C25H24Cl2N4O3S. The molecule has 0 radical (unpaired) electrons. The summed E-state index contributed by atoms with van der Waals surface area (Å²) in [6, 6.07) is 15.9. The molecule has 4 rings (SSSR count). The van der Waals surface area contributed by atoms with Crippen molar-refractivity contribution in [2.45, 2.75) is 13.3 Å². The SMILES string of the molecule is CCC(=O)N1CCN(c2ccc(Cl)cc2NC(=S)NC(=O)c2ccc(-c3cccc(Cl)c3)o2)CC1. The number of piperazine rings is 1. The molecule has 3 aromatic rings. The number of halogens is 2. The Hall–Kier alpha value is -3.07. The van der Waals surface area contributed by atoms with Crippen LogP contribution in [0.25, 0.3) is 11.3 Å². The fourth-order valence-electron chi connectivity index (χ4n) is 3.88. The highest BCUT2D eigenvalue weighted by molar-refractivity contribution is 7.80. The molecule has 0 spiro atoms. The molecule has 0 bridgehead atoms. The highest BCUT2D eigenvalue weighted by Gasteiger charge is 2.22. The van der Waals surface area contributed by atoms with Gasteiger partial charge in [0.05, 0.1) is 11.4 Å². The van der Waals surface area contributed by atoms with E-state index in [9.17, 15) is 9.59 Å². The van der Waals surface area contributed by atoms with Crippen LogP contribution in [0.1, 0.15) is 23.9 Å². The molecule has 0 unspecified atom stereocenters. The average Bonchev–Trinajstić information content (AvgIpc) is 3.34. The van der Waals surface area contributed by atoms with E-state index < -0.39 is 5.91 Å². The zero-order valence-corrected chi connectivity index (χ0v) is 21.3. The van der Waals surface area contributed by atoms with Gasteiger partial charge in [-0.05, 0) is 54.7 Å². The zero-order valence-electron chi connectivity index (χ0n) is 19.0. The van der Waals surface area contributed by atoms with E-state index in [1.54, 1.807) is 36.4 Å². The lowest BCUT2D eigenvalue weighted by molar-refractivity contribution is -0.131. The molecule has 1 fully saturated rings. The second kappa shape index (κ2) is 11.1. The van der Waals surface area contributed by atoms with Gasteiger partial charge in [-0.1, -0.05) is 42.3 Å². The molecule has 2 heterocycles. The van der Waals surface area contributed by atoms with Gasteiger partial charge in [0.15, 0.2) is 10.9 Å². The normalized spacial score (nSPS) is 13.5. The molecule has 2 amide bonds. The van der Waals surface area contributed by atoms with Gasteiger partial charge in [0.1, 0.15) is 5.76 Å². The van der Waals surface area contributed by atoms with Crippen LogP contribution in [-0.4, -0.2) is 48.0 Å². The molecule has 182 valence electrons. The van der Waals surface area contributed by atoms with Gasteiger partial charge in [-0.25, -0.2) is 0 Å². The van der Waals surface area contributed by atoms with Crippen LogP contribution in [0.15, 0.2) is 59.0 Å². The summed E-state index contributed by atoms with van der Waals surface area (Å²) in [5.41, 5.74) is 2.31. The molecular weight excluding hydrogens is 507 g/mol. The Morgan fingerprint density at radius 3 is 2.46 bits per heavy atom. The van der Waals surface area contributed by atoms with Crippen molar-refractivity contribution in [2.24, 2.45) is 0 Å². The fourth-order valence-corrected chi connectivity index (χ4v) is 4.44. The minimum absolute atomic E-state index is 0.110. The Morgan fingerprint density at radius 2 is 1.74 bits per heavy atom. The Morgan fingerprint density at radius 1 is 1.00 bits per heavy atom. The lowest BCUT2D eigenvalue weighted by Crippen LogP contribution is -2.48. The van der Waals surface area contributed by atoms with Crippen LogP contribution < -0.4 is 15.5 Å². The monoisotopic (exact) mass is 530 g/mol. The van der Waals surface area contributed by atoms with E-state index >= 15 is 0 Å². The van der Waals surface area contributed by atoms with Crippen LogP contribution in [0.4, 0.5) is 11.4 Å². The number of nitrogens with zero attached hydrogens (tertiary/aromatic N) is 2. The van der Waals surface area contributed by atoms with Crippen molar-refractivity contribution in [2.75, 3.05) is 36.4 Å². The van der Waals surface area contributed by atoms with Gasteiger partial charge in [-0.15, -0.1) is 0 Å². The fraction of sp³-hybridized carbons (Fsp3) is 0.240. The summed E-state index contributed by atoms with van der Waals surface area (Å²) in [4.78, 5) is 28.7. The van der Waals surface area contributed by atoms with E-state index in [0.29, 0.717) is 54.1 Å². The smallest absolute Gasteiger partial charge is 0.293 e. The quantitative estimate of drug-likeness (QED) is 0.427. The van der Waals surface area contributed by atoms with Gasteiger partial charge < -0.3 is 19.5 Å². The third kappa shape index (κ3) is 6.14. The van der Waals surface area contributed by atoms with Gasteiger partial charge in [-0.3, -0.25) is 14.9 Å². The van der Waals surface area contributed by atoms with Crippen molar-refractivity contribution < 1.29 is 14.0 Å². The van der Waals surface area contributed by atoms with Crippen molar-refractivity contribution in [3.05, 3.63) is 70.4 Å². The maximum Gasteiger partial charge on any atom is 0.293 e. The standard InChI is InChI=1S/C25H24Cl2N4O3S/c1-2-23(32)31-12-10-30(11-13-31)20-7-6-18(27)15-19(20)28-25(35)29-24(33)22-9-8-21(34-22)16-4-3-5-17(26)14-16/h3-9,14-15H,2,10-13H2,1H3,(H2,28,29,33,35). The summed E-state index contributed by atoms with van der Waals surface area (Å²) in [7, 11) is 0. The molecule has 1 aliphatic heterocycles. The zero-order chi connectivity index (χ0) is 24.9. The number of furan rings is 1. The molecule has 1 aliphatic rings. The predicted molar refractivity (Wildman–Crippen MR) is 143 cm³/mol. The van der Waals surface area contributed by atoms with Crippen molar-refractivity contribution in [3.63, 3.8) is 0 Å². The number of amides is 2. The molecule has 7 nitrogen and oxygen atoms in total. The molecule has 35 heavy (non-hydrogen) atoms. The molecule has 0 saturated carbocycles. The van der Waals surface area contributed by atoms with Crippen LogP contribution in [0, 0.1) is 0 Å². The van der Waals surface area contributed by atoms with E-state index in [2.05, 4.69) is 15.5 Å². The van der Waals surface area contributed by atoms with E-state index in [4.69, 9.17) is 39.8 Å². The van der Waals surface area contributed by atoms with Crippen molar-refractivity contribution >= 4 is 63.7 Å². The largest absolute Gasteiger partial charge is 0.451 e. The predicted octanol–water partition coefficient (Wildman–Crippen LogP) is 5.44. The van der Waals surface area contributed by atoms with Crippen LogP contribution in [0.2, 0.25) is 10.0 Å². The number of thiocarbonyl (C=S) groups is 1. The third-order valence-corrected chi connectivity index (χ3v) is 6.32. The highest BCUT2D eigenvalue weighted by atomic mass is 35.5. The van der Waals surface area contributed by atoms with Crippen molar-refractivity contribution in [1.82, 2.24) is 10.2 Å². The molecule has 2 aromatic carbocycles. The van der Waals surface area contributed by atoms with Crippen molar-refractivity contribution in [1.29, 1.82) is 0 Å². The van der Waals surface area contributed by atoms with Gasteiger partial charge in [0.25, 0.3) is 5.91 Å². The summed E-state index contributed by atoms with van der Waals surface area (Å²) in [6.07, 6.45) is 0.498. The molecule has 10 heteroatoms. The summed E-state index contributed by atoms with van der Waals surface area (Å²) in [5.74, 6) is 0.312. The number of nitrogens with one attached hydrogen (secondary N) is 2. The van der Waals surface area contributed by atoms with Gasteiger partial charge in [0, 0.05) is 48.2 Å². The molecule has 2 N–H and O–H groups in total. The second-order valence-corrected chi connectivity index (χ2v) is 9.25. The Bertz CT molecular complexity index is 1260. The first-order chi connectivity index (χ1) is 16.8. The van der Waals surface area contributed by atoms with E-state index in [0.717, 1.165) is 11.3 Å². The highest BCUT2D eigenvalue weighted by Crippen LogP contribution is 2.30. The number of hydrogen-bond acceptors (Lipinski definition) is 5. The summed E-state index contributed by atoms with van der Waals surface area (Å²) in [5, 5.41) is 6.94. The minimum Gasteiger partial charge on any atom is -0.451 e. The van der Waals surface area contributed by atoms with E-state index in [1.807, 2.05) is 30.0 Å². The first-order valence-electron chi connectivity index (χ1n) is 11.1. The third-order valence-electron chi connectivity index (χ3n) is 5.65. The Labute approximate surface area is 219 Å². The maximum atomic E-state index is 12.7. The first-order valence-corrected chi connectivity index (χ1v) is 12.3. The van der Waals surface area contributed by atoms with Gasteiger partial charge in [-0.2, -0.15) is 0 Å². The van der Waals surface area contributed by atoms with Crippen molar-refractivity contribution in [3.8, 4) is 11.3 Å². The number of benzene rings is 2. The number of anilines is 2. The molecule has 1 aromatic heterocycles.